The topological polar surface area (TPSA) is 32.3 Å². The number of carbonyl (C=O) groups is 1. The normalized spacial score (nSPS) is 12.2. The summed E-state index contributed by atoms with van der Waals surface area (Å²) in [5.41, 5.74) is 3.01. The minimum absolute atomic E-state index is 0.0566. The number of halogens is 1. The molecule has 0 aromatic heterocycles. The zero-order valence-electron chi connectivity index (χ0n) is 13.8. The van der Waals surface area contributed by atoms with Crippen molar-refractivity contribution in [3.63, 3.8) is 0 Å². The van der Waals surface area contributed by atoms with Crippen LogP contribution >= 0.6 is 0 Å². The van der Waals surface area contributed by atoms with E-state index in [4.69, 9.17) is 0 Å². The van der Waals surface area contributed by atoms with Crippen molar-refractivity contribution in [2.24, 2.45) is 0 Å². The van der Waals surface area contributed by atoms with Crippen LogP contribution in [0.15, 0.2) is 48.5 Å². The van der Waals surface area contributed by atoms with Crippen molar-refractivity contribution in [1.29, 1.82) is 0 Å². The SMILES string of the molecule is CCc1ccc(NC(=O)[C@H](C)N(C)Cc2ccc(F)cc2)cc1. The summed E-state index contributed by atoms with van der Waals surface area (Å²) in [6.45, 7) is 4.54. The standard InChI is InChI=1S/C19H23FN2O/c1-4-15-7-11-18(12-8-15)21-19(23)14(2)22(3)13-16-5-9-17(20)10-6-16/h5-12,14H,4,13H2,1-3H3,(H,21,23)/t14-/m0/s1. The summed E-state index contributed by atoms with van der Waals surface area (Å²) < 4.78 is 12.9. The van der Waals surface area contributed by atoms with Gasteiger partial charge in [-0.3, -0.25) is 9.69 Å². The molecule has 0 radical (unpaired) electrons. The van der Waals surface area contributed by atoms with Crippen LogP contribution in [0.2, 0.25) is 0 Å². The quantitative estimate of drug-likeness (QED) is 0.878. The molecule has 0 bridgehead atoms. The van der Waals surface area contributed by atoms with Crippen LogP contribution in [0.1, 0.15) is 25.0 Å². The number of nitrogens with one attached hydrogen (secondary N) is 1. The van der Waals surface area contributed by atoms with Crippen molar-refractivity contribution >= 4 is 11.6 Å². The molecule has 4 heteroatoms. The smallest absolute Gasteiger partial charge is 0.241 e. The minimum atomic E-state index is -0.286. The number of anilines is 1. The van der Waals surface area contributed by atoms with Crippen molar-refractivity contribution in [3.8, 4) is 0 Å². The first-order valence-electron chi connectivity index (χ1n) is 7.84. The zero-order chi connectivity index (χ0) is 16.8. The van der Waals surface area contributed by atoms with E-state index < -0.39 is 0 Å². The second-order valence-corrected chi connectivity index (χ2v) is 5.76. The fourth-order valence-corrected chi connectivity index (χ4v) is 2.29. The molecule has 0 spiro atoms. The third-order valence-corrected chi connectivity index (χ3v) is 4.02. The molecule has 2 aromatic carbocycles. The number of hydrogen-bond acceptors (Lipinski definition) is 2. The van der Waals surface area contributed by atoms with Gasteiger partial charge in [-0.2, -0.15) is 0 Å². The molecular formula is C19H23FN2O. The first-order chi connectivity index (χ1) is 11.0. The van der Waals surface area contributed by atoms with E-state index in [1.165, 1.54) is 17.7 Å². The van der Waals surface area contributed by atoms with Gasteiger partial charge >= 0.3 is 0 Å². The van der Waals surface area contributed by atoms with Gasteiger partial charge in [0, 0.05) is 12.2 Å². The summed E-state index contributed by atoms with van der Waals surface area (Å²) >= 11 is 0. The summed E-state index contributed by atoms with van der Waals surface area (Å²) in [4.78, 5) is 14.3. The number of aryl methyl sites for hydroxylation is 1. The predicted octanol–water partition coefficient (Wildman–Crippen LogP) is 3.85. The highest BCUT2D eigenvalue weighted by atomic mass is 19.1. The predicted molar refractivity (Wildman–Crippen MR) is 91.8 cm³/mol. The Kier molecular flexibility index (Phi) is 5.88. The van der Waals surface area contributed by atoms with E-state index >= 15 is 0 Å². The third-order valence-electron chi connectivity index (χ3n) is 4.02. The van der Waals surface area contributed by atoms with Gasteiger partial charge in [0.15, 0.2) is 0 Å². The van der Waals surface area contributed by atoms with E-state index in [-0.39, 0.29) is 17.8 Å². The monoisotopic (exact) mass is 314 g/mol. The zero-order valence-corrected chi connectivity index (χ0v) is 13.8. The van der Waals surface area contributed by atoms with E-state index in [0.29, 0.717) is 6.54 Å². The van der Waals surface area contributed by atoms with Crippen LogP contribution in [-0.2, 0) is 17.8 Å². The maximum absolute atomic E-state index is 12.9. The lowest BCUT2D eigenvalue weighted by Gasteiger charge is -2.24. The maximum Gasteiger partial charge on any atom is 0.241 e. The first-order valence-corrected chi connectivity index (χ1v) is 7.84. The molecule has 0 aliphatic rings. The number of benzene rings is 2. The highest BCUT2D eigenvalue weighted by Gasteiger charge is 2.18. The summed E-state index contributed by atoms with van der Waals surface area (Å²) in [5.74, 6) is -0.309. The lowest BCUT2D eigenvalue weighted by atomic mass is 10.1. The largest absolute Gasteiger partial charge is 0.325 e. The fourth-order valence-electron chi connectivity index (χ4n) is 2.29. The minimum Gasteiger partial charge on any atom is -0.325 e. The number of amides is 1. The van der Waals surface area contributed by atoms with Gasteiger partial charge in [-0.15, -0.1) is 0 Å². The average Bonchev–Trinajstić information content (AvgIpc) is 2.56. The number of nitrogens with zero attached hydrogens (tertiary/aromatic N) is 1. The number of hydrogen-bond donors (Lipinski definition) is 1. The van der Waals surface area contributed by atoms with Gasteiger partial charge in [0.1, 0.15) is 5.82 Å². The second kappa shape index (κ2) is 7.88. The Bertz CT molecular complexity index is 637. The number of likely N-dealkylation sites (N-methyl/N-ethyl adjacent to an activating group) is 1. The molecule has 0 saturated heterocycles. The molecule has 1 atom stereocenters. The van der Waals surface area contributed by atoms with Crippen molar-refractivity contribution in [2.45, 2.75) is 32.9 Å². The van der Waals surface area contributed by atoms with E-state index in [0.717, 1.165) is 17.7 Å². The maximum atomic E-state index is 12.9. The molecule has 2 rings (SSSR count). The van der Waals surface area contributed by atoms with Gasteiger partial charge in [-0.1, -0.05) is 31.2 Å². The third kappa shape index (κ3) is 4.89. The lowest BCUT2D eigenvalue weighted by molar-refractivity contribution is -0.120. The molecule has 0 unspecified atom stereocenters. The lowest BCUT2D eigenvalue weighted by Crippen LogP contribution is -2.39. The van der Waals surface area contributed by atoms with Gasteiger partial charge in [-0.25, -0.2) is 4.39 Å². The molecule has 23 heavy (non-hydrogen) atoms. The molecule has 1 amide bonds. The van der Waals surface area contributed by atoms with Crippen LogP contribution in [0, 0.1) is 5.82 Å². The number of carbonyl (C=O) groups excluding carboxylic acids is 1. The second-order valence-electron chi connectivity index (χ2n) is 5.76. The van der Waals surface area contributed by atoms with E-state index in [1.807, 2.05) is 43.1 Å². The Balaban J connectivity index is 1.93. The van der Waals surface area contributed by atoms with Crippen molar-refractivity contribution in [1.82, 2.24) is 4.90 Å². The van der Waals surface area contributed by atoms with Crippen LogP contribution in [0.3, 0.4) is 0 Å². The molecule has 0 aliphatic heterocycles. The van der Waals surface area contributed by atoms with Gasteiger partial charge in [0.2, 0.25) is 5.91 Å². The van der Waals surface area contributed by atoms with Gasteiger partial charge in [-0.05, 0) is 55.8 Å². The summed E-state index contributed by atoms with van der Waals surface area (Å²) in [6, 6.07) is 13.9. The van der Waals surface area contributed by atoms with Gasteiger partial charge < -0.3 is 5.32 Å². The summed E-state index contributed by atoms with van der Waals surface area (Å²) in [5, 5.41) is 2.93. The Morgan fingerprint density at radius 2 is 1.65 bits per heavy atom. The van der Waals surface area contributed by atoms with Crippen LogP contribution < -0.4 is 5.32 Å². The molecule has 1 N–H and O–H groups in total. The Hall–Kier alpha value is -2.20. The first kappa shape index (κ1) is 17.2. The molecule has 0 heterocycles. The Morgan fingerprint density at radius 1 is 1.09 bits per heavy atom. The van der Waals surface area contributed by atoms with E-state index in [9.17, 15) is 9.18 Å². The molecule has 0 fully saturated rings. The van der Waals surface area contributed by atoms with Crippen LogP contribution in [0.5, 0.6) is 0 Å². The van der Waals surface area contributed by atoms with E-state index in [1.54, 1.807) is 12.1 Å². The molecule has 0 saturated carbocycles. The Labute approximate surface area is 137 Å². The van der Waals surface area contributed by atoms with E-state index in [2.05, 4.69) is 12.2 Å². The molecule has 0 aliphatic carbocycles. The van der Waals surface area contributed by atoms with Crippen molar-refractivity contribution in [3.05, 3.63) is 65.5 Å². The van der Waals surface area contributed by atoms with Crippen LogP contribution in [-0.4, -0.2) is 23.9 Å². The van der Waals surface area contributed by atoms with Gasteiger partial charge in [0.05, 0.1) is 6.04 Å². The fraction of sp³-hybridized carbons (Fsp3) is 0.316. The van der Waals surface area contributed by atoms with Crippen molar-refractivity contribution < 1.29 is 9.18 Å². The highest BCUT2D eigenvalue weighted by molar-refractivity contribution is 5.94. The molecule has 3 nitrogen and oxygen atoms in total. The highest BCUT2D eigenvalue weighted by Crippen LogP contribution is 2.12. The molecule has 122 valence electrons. The summed E-state index contributed by atoms with van der Waals surface area (Å²) in [6.07, 6.45) is 0.977. The van der Waals surface area contributed by atoms with Crippen LogP contribution in [0.4, 0.5) is 10.1 Å². The van der Waals surface area contributed by atoms with Gasteiger partial charge in [0.25, 0.3) is 0 Å². The van der Waals surface area contributed by atoms with Crippen LogP contribution in [0.25, 0.3) is 0 Å². The van der Waals surface area contributed by atoms with Crippen molar-refractivity contribution in [2.75, 3.05) is 12.4 Å². The summed E-state index contributed by atoms with van der Waals surface area (Å²) in [7, 11) is 1.88. The molecule has 2 aromatic rings. The molecular weight excluding hydrogens is 291 g/mol. The average molecular weight is 314 g/mol. The Morgan fingerprint density at radius 3 is 2.22 bits per heavy atom. The number of rotatable bonds is 6.